The largest absolute Gasteiger partial charge is 0.297 e. The van der Waals surface area contributed by atoms with Crippen LogP contribution in [0.15, 0.2) is 36.8 Å². The zero-order valence-corrected chi connectivity index (χ0v) is 13.3. The van der Waals surface area contributed by atoms with Crippen LogP contribution in [0.3, 0.4) is 0 Å². The standard InChI is InChI=1S/C17H23N5/c1-14-15(5-3-7-18-14)11-22-10-6-16(12-22)21(2)13-17-19-8-4-9-20-17/h3-5,7-9,16H,6,10-13H2,1-2H3/t16-/m0/s1. The summed E-state index contributed by atoms with van der Waals surface area (Å²) in [6, 6.07) is 6.63. The molecule has 0 amide bonds. The number of aromatic nitrogens is 3. The maximum atomic E-state index is 4.38. The van der Waals surface area contributed by atoms with Gasteiger partial charge in [0.15, 0.2) is 0 Å². The number of likely N-dealkylation sites (N-methyl/N-ethyl adjacent to an activating group) is 1. The van der Waals surface area contributed by atoms with Crippen LogP contribution >= 0.6 is 0 Å². The molecule has 0 aromatic carbocycles. The van der Waals surface area contributed by atoms with E-state index < -0.39 is 0 Å². The quantitative estimate of drug-likeness (QED) is 0.843. The van der Waals surface area contributed by atoms with Gasteiger partial charge in [-0.05, 0) is 38.1 Å². The number of pyridine rings is 1. The molecule has 0 radical (unpaired) electrons. The van der Waals surface area contributed by atoms with Crippen molar-refractivity contribution < 1.29 is 0 Å². The summed E-state index contributed by atoms with van der Waals surface area (Å²) in [4.78, 5) is 17.9. The van der Waals surface area contributed by atoms with Crippen molar-refractivity contribution in [3.8, 4) is 0 Å². The second kappa shape index (κ2) is 6.94. The van der Waals surface area contributed by atoms with Gasteiger partial charge in [-0.15, -0.1) is 0 Å². The summed E-state index contributed by atoms with van der Waals surface area (Å²) in [5.74, 6) is 0.895. The highest BCUT2D eigenvalue weighted by atomic mass is 15.2. The van der Waals surface area contributed by atoms with Crippen molar-refractivity contribution >= 4 is 0 Å². The van der Waals surface area contributed by atoms with Crippen LogP contribution < -0.4 is 0 Å². The van der Waals surface area contributed by atoms with Crippen molar-refractivity contribution in [2.45, 2.75) is 32.5 Å². The summed E-state index contributed by atoms with van der Waals surface area (Å²) in [5, 5.41) is 0. The summed E-state index contributed by atoms with van der Waals surface area (Å²) in [7, 11) is 2.17. The molecule has 0 bridgehead atoms. The molecule has 0 N–H and O–H groups in total. The normalized spacial score (nSPS) is 19.0. The Hall–Kier alpha value is -1.85. The topological polar surface area (TPSA) is 45.2 Å². The van der Waals surface area contributed by atoms with Gasteiger partial charge in [0.05, 0.1) is 6.54 Å². The molecule has 0 unspecified atom stereocenters. The van der Waals surface area contributed by atoms with Gasteiger partial charge in [0.1, 0.15) is 5.82 Å². The van der Waals surface area contributed by atoms with Crippen LogP contribution in [0.25, 0.3) is 0 Å². The first-order valence-corrected chi connectivity index (χ1v) is 7.81. The molecular formula is C17H23N5. The molecule has 3 rings (SSSR count). The molecule has 5 heteroatoms. The third-order valence-electron chi connectivity index (χ3n) is 4.39. The van der Waals surface area contributed by atoms with E-state index in [1.54, 1.807) is 0 Å². The van der Waals surface area contributed by atoms with E-state index in [2.05, 4.69) is 44.8 Å². The second-order valence-corrected chi connectivity index (χ2v) is 6.01. The van der Waals surface area contributed by atoms with Gasteiger partial charge in [-0.1, -0.05) is 6.07 Å². The number of aryl methyl sites for hydroxylation is 1. The Morgan fingerprint density at radius 3 is 2.73 bits per heavy atom. The van der Waals surface area contributed by atoms with Gasteiger partial charge in [0, 0.05) is 50.0 Å². The molecule has 1 aliphatic heterocycles. The maximum Gasteiger partial charge on any atom is 0.142 e. The first-order chi connectivity index (χ1) is 10.7. The molecular weight excluding hydrogens is 274 g/mol. The van der Waals surface area contributed by atoms with Gasteiger partial charge in [0.25, 0.3) is 0 Å². The molecule has 1 aliphatic rings. The van der Waals surface area contributed by atoms with Crippen molar-refractivity contribution in [1.29, 1.82) is 0 Å². The molecule has 2 aromatic rings. The molecule has 0 spiro atoms. The minimum absolute atomic E-state index is 0.570. The first kappa shape index (κ1) is 15.1. The third-order valence-corrected chi connectivity index (χ3v) is 4.39. The van der Waals surface area contributed by atoms with Crippen molar-refractivity contribution in [2.75, 3.05) is 20.1 Å². The molecule has 2 aromatic heterocycles. The van der Waals surface area contributed by atoms with Gasteiger partial charge >= 0.3 is 0 Å². The minimum atomic E-state index is 0.570. The van der Waals surface area contributed by atoms with E-state index in [-0.39, 0.29) is 0 Å². The number of hydrogen-bond acceptors (Lipinski definition) is 5. The molecule has 0 aliphatic carbocycles. The fraction of sp³-hybridized carbons (Fsp3) is 0.471. The number of nitrogens with zero attached hydrogens (tertiary/aromatic N) is 5. The summed E-state index contributed by atoms with van der Waals surface area (Å²) >= 11 is 0. The van der Waals surface area contributed by atoms with Crippen LogP contribution in [0.1, 0.15) is 23.5 Å². The van der Waals surface area contributed by atoms with Gasteiger partial charge < -0.3 is 0 Å². The van der Waals surface area contributed by atoms with Gasteiger partial charge in [-0.3, -0.25) is 14.8 Å². The molecule has 3 heterocycles. The predicted octanol–water partition coefficient (Wildman–Crippen LogP) is 1.89. The van der Waals surface area contributed by atoms with Crippen LogP contribution in [0.5, 0.6) is 0 Å². The SMILES string of the molecule is Cc1ncccc1CN1CC[C@H](N(C)Cc2ncccn2)C1. The van der Waals surface area contributed by atoms with Crippen LogP contribution in [0.4, 0.5) is 0 Å². The summed E-state index contributed by atoms with van der Waals surface area (Å²) in [5.41, 5.74) is 2.47. The van der Waals surface area contributed by atoms with E-state index in [9.17, 15) is 0 Å². The highest BCUT2D eigenvalue weighted by Gasteiger charge is 2.26. The van der Waals surface area contributed by atoms with E-state index in [1.165, 1.54) is 12.0 Å². The van der Waals surface area contributed by atoms with Crippen molar-refractivity contribution in [2.24, 2.45) is 0 Å². The minimum Gasteiger partial charge on any atom is -0.297 e. The van der Waals surface area contributed by atoms with Gasteiger partial charge in [-0.2, -0.15) is 0 Å². The molecule has 0 saturated carbocycles. The molecule has 1 fully saturated rings. The molecule has 1 saturated heterocycles. The van der Waals surface area contributed by atoms with Crippen LogP contribution in [0, 0.1) is 6.92 Å². The summed E-state index contributed by atoms with van der Waals surface area (Å²) in [6.45, 7) is 6.12. The van der Waals surface area contributed by atoms with E-state index >= 15 is 0 Å². The zero-order chi connectivity index (χ0) is 15.4. The Labute approximate surface area is 132 Å². The highest BCUT2D eigenvalue weighted by Crippen LogP contribution is 2.18. The average Bonchev–Trinajstić information content (AvgIpc) is 2.99. The Morgan fingerprint density at radius 1 is 1.18 bits per heavy atom. The molecule has 22 heavy (non-hydrogen) atoms. The van der Waals surface area contributed by atoms with E-state index in [1.807, 2.05) is 30.7 Å². The lowest BCUT2D eigenvalue weighted by Crippen LogP contribution is -2.34. The fourth-order valence-electron chi connectivity index (χ4n) is 3.00. The number of rotatable bonds is 5. The lowest BCUT2D eigenvalue weighted by molar-refractivity contribution is 0.218. The number of hydrogen-bond donors (Lipinski definition) is 0. The Morgan fingerprint density at radius 2 is 1.95 bits per heavy atom. The summed E-state index contributed by atoms with van der Waals surface area (Å²) < 4.78 is 0. The Balaban J connectivity index is 1.55. The van der Waals surface area contributed by atoms with Crippen LogP contribution in [-0.2, 0) is 13.1 Å². The summed E-state index contributed by atoms with van der Waals surface area (Å²) in [6.07, 6.45) is 6.67. The lowest BCUT2D eigenvalue weighted by atomic mass is 10.2. The van der Waals surface area contributed by atoms with Gasteiger partial charge in [-0.25, -0.2) is 9.97 Å². The van der Waals surface area contributed by atoms with E-state index in [0.29, 0.717) is 6.04 Å². The monoisotopic (exact) mass is 297 g/mol. The maximum absolute atomic E-state index is 4.38. The van der Waals surface area contributed by atoms with Crippen molar-refractivity contribution in [3.63, 3.8) is 0 Å². The Bertz CT molecular complexity index is 601. The Kier molecular flexibility index (Phi) is 4.75. The second-order valence-electron chi connectivity index (χ2n) is 6.01. The van der Waals surface area contributed by atoms with Crippen LogP contribution in [0.2, 0.25) is 0 Å². The van der Waals surface area contributed by atoms with E-state index in [4.69, 9.17) is 0 Å². The first-order valence-electron chi connectivity index (χ1n) is 7.81. The van der Waals surface area contributed by atoms with E-state index in [0.717, 1.165) is 37.7 Å². The molecule has 116 valence electrons. The zero-order valence-electron chi connectivity index (χ0n) is 13.3. The van der Waals surface area contributed by atoms with Gasteiger partial charge in [0.2, 0.25) is 0 Å². The number of likely N-dealkylation sites (tertiary alicyclic amines) is 1. The van der Waals surface area contributed by atoms with Crippen molar-refractivity contribution in [3.05, 3.63) is 53.9 Å². The molecule has 5 nitrogen and oxygen atoms in total. The smallest absolute Gasteiger partial charge is 0.142 e. The molecule has 1 atom stereocenters. The fourth-order valence-corrected chi connectivity index (χ4v) is 3.00. The third kappa shape index (κ3) is 3.67. The van der Waals surface area contributed by atoms with Crippen LogP contribution in [-0.4, -0.2) is 50.9 Å². The highest BCUT2D eigenvalue weighted by molar-refractivity contribution is 5.18. The average molecular weight is 297 g/mol. The van der Waals surface area contributed by atoms with Crippen molar-refractivity contribution in [1.82, 2.24) is 24.8 Å². The predicted molar refractivity (Wildman–Crippen MR) is 86.2 cm³/mol. The lowest BCUT2D eigenvalue weighted by Gasteiger charge is -2.24.